The van der Waals surface area contributed by atoms with Crippen molar-refractivity contribution >= 4 is 34.4 Å². The highest BCUT2D eigenvalue weighted by atomic mass is 35.5. The number of halogens is 1. The lowest BCUT2D eigenvalue weighted by atomic mass is 10.2. The van der Waals surface area contributed by atoms with Crippen LogP contribution in [0.2, 0.25) is 5.02 Å². The molecule has 0 aliphatic carbocycles. The van der Waals surface area contributed by atoms with Crippen LogP contribution in [0.5, 0.6) is 0 Å². The average molecular weight is 297 g/mol. The number of benzene rings is 1. The number of aromatic nitrogens is 1. The van der Waals surface area contributed by atoms with E-state index in [1.165, 1.54) is 7.11 Å². The molecule has 2 aromatic rings. The minimum absolute atomic E-state index is 0.268. The van der Waals surface area contributed by atoms with Crippen LogP contribution in [0.1, 0.15) is 10.5 Å². The van der Waals surface area contributed by atoms with Gasteiger partial charge in [-0.3, -0.25) is 4.79 Å². The van der Waals surface area contributed by atoms with Crippen LogP contribution in [0.3, 0.4) is 0 Å². The van der Waals surface area contributed by atoms with Gasteiger partial charge in [0, 0.05) is 15.9 Å². The minimum Gasteiger partial charge on any atom is -0.467 e. The number of carbonyl (C=O) groups is 2. The standard InChI is InChI=1S/C13H13ClN2O4/c1-20-13(19)11(6-17)16-12(18)10-5-7-4-8(14)2-3-9(7)15-10/h2-5,11,15,17H,6H2,1H3,(H,16,18). The third kappa shape index (κ3) is 2.92. The summed E-state index contributed by atoms with van der Waals surface area (Å²) >= 11 is 5.87. The van der Waals surface area contributed by atoms with E-state index in [4.69, 9.17) is 16.7 Å². The SMILES string of the molecule is COC(=O)C(CO)NC(=O)c1cc2cc(Cl)ccc2[nH]1. The number of H-pyrrole nitrogens is 1. The molecule has 7 heteroatoms. The zero-order chi connectivity index (χ0) is 14.7. The molecule has 1 unspecified atom stereocenters. The van der Waals surface area contributed by atoms with Crippen molar-refractivity contribution in [1.82, 2.24) is 10.3 Å². The Labute approximate surface area is 119 Å². The fraction of sp³-hybridized carbons (Fsp3) is 0.231. The van der Waals surface area contributed by atoms with Crippen molar-refractivity contribution in [2.45, 2.75) is 6.04 Å². The molecule has 1 aromatic heterocycles. The molecule has 0 saturated heterocycles. The topological polar surface area (TPSA) is 91.4 Å². The van der Waals surface area contributed by atoms with E-state index < -0.39 is 24.5 Å². The lowest BCUT2D eigenvalue weighted by Gasteiger charge is -2.12. The summed E-state index contributed by atoms with van der Waals surface area (Å²) in [5, 5.41) is 12.8. The number of nitrogens with one attached hydrogen (secondary N) is 2. The maximum absolute atomic E-state index is 12.0. The smallest absolute Gasteiger partial charge is 0.330 e. The Bertz CT molecular complexity index is 653. The number of hydrogen-bond acceptors (Lipinski definition) is 4. The molecule has 0 aliphatic heterocycles. The van der Waals surface area contributed by atoms with Gasteiger partial charge in [0.2, 0.25) is 0 Å². The van der Waals surface area contributed by atoms with Gasteiger partial charge in [0.25, 0.3) is 5.91 Å². The molecule has 0 spiro atoms. The van der Waals surface area contributed by atoms with Crippen LogP contribution in [0.25, 0.3) is 10.9 Å². The van der Waals surface area contributed by atoms with E-state index in [-0.39, 0.29) is 5.69 Å². The first-order chi connectivity index (χ1) is 9.55. The molecule has 1 heterocycles. The largest absolute Gasteiger partial charge is 0.467 e. The Kier molecular flexibility index (Phi) is 4.26. The highest BCUT2D eigenvalue weighted by Crippen LogP contribution is 2.20. The van der Waals surface area contributed by atoms with Crippen molar-refractivity contribution < 1.29 is 19.4 Å². The highest BCUT2D eigenvalue weighted by Gasteiger charge is 2.21. The quantitative estimate of drug-likeness (QED) is 0.736. The van der Waals surface area contributed by atoms with Gasteiger partial charge in [0.1, 0.15) is 5.69 Å². The number of hydrogen-bond donors (Lipinski definition) is 3. The van der Waals surface area contributed by atoms with Crippen molar-refractivity contribution in [1.29, 1.82) is 0 Å². The van der Waals surface area contributed by atoms with E-state index in [9.17, 15) is 9.59 Å². The van der Waals surface area contributed by atoms with Gasteiger partial charge in [-0.1, -0.05) is 11.6 Å². The predicted octanol–water partition coefficient (Wildman–Crippen LogP) is 1.08. The van der Waals surface area contributed by atoms with Crippen molar-refractivity contribution in [3.8, 4) is 0 Å². The number of fused-ring (bicyclic) bond motifs is 1. The molecule has 0 fully saturated rings. The van der Waals surface area contributed by atoms with Crippen LogP contribution in [0, 0.1) is 0 Å². The fourth-order valence-corrected chi connectivity index (χ4v) is 1.96. The molecule has 20 heavy (non-hydrogen) atoms. The number of ether oxygens (including phenoxy) is 1. The number of carbonyl (C=O) groups excluding carboxylic acids is 2. The molecular formula is C13H13ClN2O4. The summed E-state index contributed by atoms with van der Waals surface area (Å²) in [4.78, 5) is 26.2. The Morgan fingerprint density at radius 2 is 2.20 bits per heavy atom. The number of aliphatic hydroxyl groups excluding tert-OH is 1. The maximum atomic E-state index is 12.0. The fourth-order valence-electron chi connectivity index (χ4n) is 1.78. The van der Waals surface area contributed by atoms with E-state index in [0.717, 1.165) is 10.9 Å². The molecule has 1 aromatic carbocycles. The normalized spacial score (nSPS) is 12.2. The first kappa shape index (κ1) is 14.4. The molecule has 1 amide bonds. The van der Waals surface area contributed by atoms with Gasteiger partial charge in [-0.25, -0.2) is 4.79 Å². The van der Waals surface area contributed by atoms with Crippen LogP contribution < -0.4 is 5.32 Å². The zero-order valence-corrected chi connectivity index (χ0v) is 11.4. The molecule has 0 saturated carbocycles. The first-order valence-corrected chi connectivity index (χ1v) is 6.20. The van der Waals surface area contributed by atoms with E-state index in [1.807, 2.05) is 0 Å². The van der Waals surface area contributed by atoms with Gasteiger partial charge in [-0.2, -0.15) is 0 Å². The van der Waals surface area contributed by atoms with Gasteiger partial charge in [-0.05, 0) is 24.3 Å². The van der Waals surface area contributed by atoms with E-state index in [0.29, 0.717) is 5.02 Å². The van der Waals surface area contributed by atoms with Crippen LogP contribution >= 0.6 is 11.6 Å². The second-order valence-electron chi connectivity index (χ2n) is 4.15. The molecular weight excluding hydrogens is 284 g/mol. The van der Waals surface area contributed by atoms with Crippen LogP contribution in [-0.2, 0) is 9.53 Å². The van der Waals surface area contributed by atoms with Gasteiger partial charge < -0.3 is 20.1 Å². The van der Waals surface area contributed by atoms with Crippen molar-refractivity contribution in [3.05, 3.63) is 35.0 Å². The Morgan fingerprint density at radius 3 is 2.85 bits per heavy atom. The Balaban J connectivity index is 2.20. The summed E-state index contributed by atoms with van der Waals surface area (Å²) in [6, 6.07) is 5.68. The van der Waals surface area contributed by atoms with Crippen LogP contribution in [0.15, 0.2) is 24.3 Å². The zero-order valence-electron chi connectivity index (χ0n) is 10.6. The molecule has 0 aliphatic rings. The summed E-state index contributed by atoms with van der Waals surface area (Å²) in [7, 11) is 1.18. The van der Waals surface area contributed by atoms with Gasteiger partial charge in [0.15, 0.2) is 6.04 Å². The third-order valence-corrected chi connectivity index (χ3v) is 3.04. The lowest BCUT2D eigenvalue weighted by Crippen LogP contribution is -2.44. The lowest BCUT2D eigenvalue weighted by molar-refractivity contribution is -0.143. The summed E-state index contributed by atoms with van der Waals surface area (Å²) in [5.41, 5.74) is 1.02. The summed E-state index contributed by atoms with van der Waals surface area (Å²) in [6.07, 6.45) is 0. The van der Waals surface area contributed by atoms with Gasteiger partial charge in [-0.15, -0.1) is 0 Å². The molecule has 0 bridgehead atoms. The highest BCUT2D eigenvalue weighted by molar-refractivity contribution is 6.31. The van der Waals surface area contributed by atoms with Crippen molar-refractivity contribution in [2.24, 2.45) is 0 Å². The number of aromatic amines is 1. The second-order valence-corrected chi connectivity index (χ2v) is 4.58. The summed E-state index contributed by atoms with van der Waals surface area (Å²) in [6.45, 7) is -0.537. The number of rotatable bonds is 4. The predicted molar refractivity (Wildman–Crippen MR) is 73.7 cm³/mol. The molecule has 1 atom stereocenters. The van der Waals surface area contributed by atoms with Crippen LogP contribution in [-0.4, -0.2) is 41.7 Å². The molecule has 106 valence electrons. The van der Waals surface area contributed by atoms with E-state index in [1.54, 1.807) is 24.3 Å². The number of esters is 1. The van der Waals surface area contributed by atoms with Crippen molar-refractivity contribution in [3.63, 3.8) is 0 Å². The molecule has 0 radical (unpaired) electrons. The van der Waals surface area contributed by atoms with Crippen molar-refractivity contribution in [2.75, 3.05) is 13.7 Å². The maximum Gasteiger partial charge on any atom is 0.330 e. The molecule has 6 nitrogen and oxygen atoms in total. The molecule has 3 N–H and O–H groups in total. The number of amides is 1. The first-order valence-electron chi connectivity index (χ1n) is 5.83. The monoisotopic (exact) mass is 296 g/mol. The van der Waals surface area contributed by atoms with E-state index >= 15 is 0 Å². The van der Waals surface area contributed by atoms with Gasteiger partial charge >= 0.3 is 5.97 Å². The third-order valence-electron chi connectivity index (χ3n) is 2.80. The summed E-state index contributed by atoms with van der Waals surface area (Å²) < 4.78 is 4.47. The number of methoxy groups -OCH3 is 1. The Hall–Kier alpha value is -2.05. The van der Waals surface area contributed by atoms with Crippen LogP contribution in [0.4, 0.5) is 0 Å². The minimum atomic E-state index is -1.09. The second kappa shape index (κ2) is 5.94. The Morgan fingerprint density at radius 1 is 1.45 bits per heavy atom. The average Bonchev–Trinajstić information content (AvgIpc) is 2.86. The molecule has 2 rings (SSSR count). The number of aliphatic hydroxyl groups is 1. The summed E-state index contributed by atoms with van der Waals surface area (Å²) in [5.74, 6) is -1.22. The van der Waals surface area contributed by atoms with E-state index in [2.05, 4.69) is 15.0 Å². The van der Waals surface area contributed by atoms with Gasteiger partial charge in [0.05, 0.1) is 13.7 Å².